The van der Waals surface area contributed by atoms with E-state index in [4.69, 9.17) is 5.53 Å². The lowest BCUT2D eigenvalue weighted by Crippen LogP contribution is -2.39. The summed E-state index contributed by atoms with van der Waals surface area (Å²) in [5.41, 5.74) is 7.53. The summed E-state index contributed by atoms with van der Waals surface area (Å²) in [6.45, 7) is 0.748. The molecule has 5 nitrogen and oxygen atoms in total. The van der Waals surface area contributed by atoms with E-state index in [0.717, 1.165) is 12.1 Å². The van der Waals surface area contributed by atoms with Gasteiger partial charge in [0.2, 0.25) is 0 Å². The monoisotopic (exact) mass is 298 g/mol. The summed E-state index contributed by atoms with van der Waals surface area (Å²) in [6.07, 6.45) is -3.42. The Labute approximate surface area is 119 Å². The summed E-state index contributed by atoms with van der Waals surface area (Å²) >= 11 is 0. The number of amides is 1. The number of rotatable bonds is 2. The van der Waals surface area contributed by atoms with Crippen molar-refractivity contribution >= 4 is 5.91 Å². The van der Waals surface area contributed by atoms with Crippen molar-refractivity contribution in [2.45, 2.75) is 25.1 Å². The standard InChI is InChI=1S/C13H13F3N4O/c14-13(15,16)10-3-1-2-9(8-10)12(21)20-6-4-11(5-7-20)18-19-17/h1-3,8,11H,4-7H2. The van der Waals surface area contributed by atoms with Gasteiger partial charge in [-0.05, 0) is 36.6 Å². The van der Waals surface area contributed by atoms with Gasteiger partial charge in [0.15, 0.2) is 0 Å². The molecule has 1 aromatic carbocycles. The first-order valence-electron chi connectivity index (χ1n) is 6.42. The van der Waals surface area contributed by atoms with Crippen LogP contribution in [0.1, 0.15) is 28.8 Å². The molecule has 112 valence electrons. The zero-order valence-corrected chi connectivity index (χ0v) is 11.0. The van der Waals surface area contributed by atoms with E-state index in [0.29, 0.717) is 25.9 Å². The third kappa shape index (κ3) is 3.66. The van der Waals surface area contributed by atoms with E-state index in [1.54, 1.807) is 0 Å². The normalized spacial score (nSPS) is 16.4. The number of azide groups is 1. The van der Waals surface area contributed by atoms with E-state index in [1.807, 2.05) is 0 Å². The average Bonchev–Trinajstić information content (AvgIpc) is 2.47. The highest BCUT2D eigenvalue weighted by atomic mass is 19.4. The first-order chi connectivity index (χ1) is 9.91. The molecule has 0 aliphatic carbocycles. The van der Waals surface area contributed by atoms with Gasteiger partial charge in [-0.2, -0.15) is 13.2 Å². The van der Waals surface area contributed by atoms with Gasteiger partial charge in [-0.15, -0.1) is 0 Å². The lowest BCUT2D eigenvalue weighted by molar-refractivity contribution is -0.137. The van der Waals surface area contributed by atoms with Gasteiger partial charge in [-0.3, -0.25) is 4.79 Å². The minimum atomic E-state index is -4.47. The van der Waals surface area contributed by atoms with Crippen molar-refractivity contribution in [3.05, 3.63) is 45.8 Å². The van der Waals surface area contributed by atoms with Crippen LogP contribution in [0, 0.1) is 0 Å². The molecule has 1 saturated heterocycles. The Morgan fingerprint density at radius 2 is 2.00 bits per heavy atom. The molecule has 0 aromatic heterocycles. The van der Waals surface area contributed by atoms with Crippen molar-refractivity contribution in [3.63, 3.8) is 0 Å². The number of carbonyl (C=O) groups excluding carboxylic acids is 1. The molecule has 2 rings (SSSR count). The first-order valence-corrected chi connectivity index (χ1v) is 6.42. The van der Waals surface area contributed by atoms with E-state index in [1.165, 1.54) is 17.0 Å². The SMILES string of the molecule is [N-]=[N+]=NC1CCN(C(=O)c2cccc(C(F)(F)F)c2)CC1. The minimum Gasteiger partial charge on any atom is -0.339 e. The molecule has 0 bridgehead atoms. The Kier molecular flexibility index (Phi) is 4.37. The van der Waals surface area contributed by atoms with Crippen LogP contribution in [0.5, 0.6) is 0 Å². The molecule has 1 amide bonds. The van der Waals surface area contributed by atoms with Crippen LogP contribution in [-0.2, 0) is 6.18 Å². The molecule has 1 aliphatic heterocycles. The summed E-state index contributed by atoms with van der Waals surface area (Å²) in [7, 11) is 0. The second kappa shape index (κ2) is 6.05. The summed E-state index contributed by atoms with van der Waals surface area (Å²) < 4.78 is 37.9. The Balaban J connectivity index is 2.09. The number of likely N-dealkylation sites (tertiary alicyclic amines) is 1. The van der Waals surface area contributed by atoms with Crippen molar-refractivity contribution in [1.82, 2.24) is 4.90 Å². The number of carbonyl (C=O) groups is 1. The fourth-order valence-electron chi connectivity index (χ4n) is 2.27. The van der Waals surface area contributed by atoms with E-state index in [2.05, 4.69) is 10.0 Å². The third-order valence-electron chi connectivity index (χ3n) is 3.40. The number of hydrogen-bond donors (Lipinski definition) is 0. The summed E-state index contributed by atoms with van der Waals surface area (Å²) in [5.74, 6) is -0.430. The molecule has 0 spiro atoms. The van der Waals surface area contributed by atoms with E-state index >= 15 is 0 Å². The van der Waals surface area contributed by atoms with Crippen molar-refractivity contribution in [1.29, 1.82) is 0 Å². The van der Waals surface area contributed by atoms with Crippen LogP contribution < -0.4 is 0 Å². The Hall–Kier alpha value is -2.21. The van der Waals surface area contributed by atoms with E-state index in [9.17, 15) is 18.0 Å². The molecule has 1 aromatic rings. The molecule has 0 atom stereocenters. The smallest absolute Gasteiger partial charge is 0.339 e. The van der Waals surface area contributed by atoms with Crippen molar-refractivity contribution < 1.29 is 18.0 Å². The maximum absolute atomic E-state index is 12.6. The molecule has 1 heterocycles. The third-order valence-corrected chi connectivity index (χ3v) is 3.40. The number of alkyl halides is 3. The highest BCUT2D eigenvalue weighted by Gasteiger charge is 2.31. The average molecular weight is 298 g/mol. The number of piperidine rings is 1. The predicted molar refractivity (Wildman–Crippen MR) is 69.5 cm³/mol. The maximum Gasteiger partial charge on any atom is 0.416 e. The molecule has 1 fully saturated rings. The van der Waals surface area contributed by atoms with Crippen LogP contribution in [0.15, 0.2) is 29.4 Å². The van der Waals surface area contributed by atoms with Crippen LogP contribution in [0.25, 0.3) is 10.4 Å². The predicted octanol–water partition coefficient (Wildman–Crippen LogP) is 3.62. The number of halogens is 3. The molecule has 0 radical (unpaired) electrons. The van der Waals surface area contributed by atoms with Crippen LogP contribution in [-0.4, -0.2) is 29.9 Å². The molecule has 8 heteroatoms. The van der Waals surface area contributed by atoms with Gasteiger partial charge >= 0.3 is 6.18 Å². The van der Waals surface area contributed by atoms with Gasteiger partial charge in [-0.1, -0.05) is 11.2 Å². The van der Waals surface area contributed by atoms with E-state index < -0.39 is 17.6 Å². The largest absolute Gasteiger partial charge is 0.416 e. The van der Waals surface area contributed by atoms with Crippen molar-refractivity contribution in [3.8, 4) is 0 Å². The number of hydrogen-bond acceptors (Lipinski definition) is 2. The second-order valence-electron chi connectivity index (χ2n) is 4.81. The zero-order chi connectivity index (χ0) is 15.5. The van der Waals surface area contributed by atoms with Crippen LogP contribution in [0.4, 0.5) is 13.2 Å². The quantitative estimate of drug-likeness (QED) is 0.467. The fraction of sp³-hybridized carbons (Fsp3) is 0.462. The van der Waals surface area contributed by atoms with Gasteiger partial charge in [0.25, 0.3) is 5.91 Å². The Morgan fingerprint density at radius 1 is 1.33 bits per heavy atom. The summed E-state index contributed by atoms with van der Waals surface area (Å²) in [5, 5.41) is 3.59. The molecular formula is C13H13F3N4O. The lowest BCUT2D eigenvalue weighted by atomic mass is 10.0. The van der Waals surface area contributed by atoms with Crippen molar-refractivity contribution in [2.75, 3.05) is 13.1 Å². The van der Waals surface area contributed by atoms with E-state index in [-0.39, 0.29) is 11.6 Å². The van der Waals surface area contributed by atoms with Gasteiger partial charge in [-0.25, -0.2) is 0 Å². The van der Waals surface area contributed by atoms with Crippen LogP contribution >= 0.6 is 0 Å². The highest BCUT2D eigenvalue weighted by Crippen LogP contribution is 2.30. The van der Waals surface area contributed by atoms with Crippen molar-refractivity contribution in [2.24, 2.45) is 5.11 Å². The topological polar surface area (TPSA) is 69.1 Å². The van der Waals surface area contributed by atoms with Crippen LogP contribution in [0.3, 0.4) is 0 Å². The summed E-state index contributed by atoms with van der Waals surface area (Å²) in [4.78, 5) is 16.4. The minimum absolute atomic E-state index is 0.0204. The molecule has 1 aliphatic rings. The molecule has 0 saturated carbocycles. The number of benzene rings is 1. The maximum atomic E-state index is 12.6. The molecular weight excluding hydrogens is 285 g/mol. The second-order valence-corrected chi connectivity index (χ2v) is 4.81. The molecule has 21 heavy (non-hydrogen) atoms. The zero-order valence-electron chi connectivity index (χ0n) is 11.0. The molecule has 0 unspecified atom stereocenters. The van der Waals surface area contributed by atoms with Gasteiger partial charge in [0.05, 0.1) is 5.56 Å². The highest BCUT2D eigenvalue weighted by molar-refractivity contribution is 5.94. The van der Waals surface area contributed by atoms with Gasteiger partial charge < -0.3 is 4.90 Å². The van der Waals surface area contributed by atoms with Crippen LogP contribution in [0.2, 0.25) is 0 Å². The first kappa shape index (κ1) is 15.2. The van der Waals surface area contributed by atoms with Gasteiger partial charge in [0.1, 0.15) is 0 Å². The molecule has 0 N–H and O–H groups in total. The fourth-order valence-corrected chi connectivity index (χ4v) is 2.27. The lowest BCUT2D eigenvalue weighted by Gasteiger charge is -2.30. The Bertz CT molecular complexity index is 573. The van der Waals surface area contributed by atoms with Gasteiger partial charge in [0, 0.05) is 29.6 Å². The summed E-state index contributed by atoms with van der Waals surface area (Å²) in [6, 6.07) is 4.24. The number of nitrogens with zero attached hydrogens (tertiary/aromatic N) is 4. The Morgan fingerprint density at radius 3 is 2.57 bits per heavy atom.